The summed E-state index contributed by atoms with van der Waals surface area (Å²) in [5.74, 6) is -0.332. The summed E-state index contributed by atoms with van der Waals surface area (Å²) in [6.45, 7) is 6.20. The average molecular weight is 285 g/mol. The number of hydrogen-bond donors (Lipinski definition) is 3. The second kappa shape index (κ2) is 7.47. The highest BCUT2D eigenvalue weighted by Crippen LogP contribution is 2.17. The van der Waals surface area contributed by atoms with Crippen LogP contribution in [0.1, 0.15) is 39.5 Å². The van der Waals surface area contributed by atoms with Crippen molar-refractivity contribution in [1.82, 2.24) is 15.5 Å². The molecule has 1 aliphatic heterocycles. The van der Waals surface area contributed by atoms with Crippen LogP contribution in [0, 0.1) is 5.92 Å². The molecule has 0 spiro atoms. The van der Waals surface area contributed by atoms with E-state index in [1.54, 1.807) is 0 Å². The zero-order valence-corrected chi connectivity index (χ0v) is 12.7. The summed E-state index contributed by atoms with van der Waals surface area (Å²) in [6.07, 6.45) is 2.67. The van der Waals surface area contributed by atoms with Crippen LogP contribution in [0.3, 0.4) is 0 Å². The van der Waals surface area contributed by atoms with Gasteiger partial charge in [-0.3, -0.25) is 4.79 Å². The molecule has 1 atom stereocenters. The summed E-state index contributed by atoms with van der Waals surface area (Å²) < 4.78 is 0. The number of carbonyl (C=O) groups excluding carboxylic acids is 1. The maximum atomic E-state index is 12.3. The van der Waals surface area contributed by atoms with Crippen molar-refractivity contribution in [3.8, 4) is 0 Å². The minimum Gasteiger partial charge on any atom is -0.481 e. The first kappa shape index (κ1) is 16.8. The van der Waals surface area contributed by atoms with E-state index in [0.717, 1.165) is 32.5 Å². The van der Waals surface area contributed by atoms with Crippen molar-refractivity contribution in [2.24, 2.45) is 5.92 Å². The molecule has 1 rings (SSSR count). The van der Waals surface area contributed by atoms with Gasteiger partial charge in [0.15, 0.2) is 0 Å². The van der Waals surface area contributed by atoms with E-state index in [9.17, 15) is 9.59 Å². The van der Waals surface area contributed by atoms with Crippen LogP contribution in [0.2, 0.25) is 0 Å². The molecule has 116 valence electrons. The molecule has 0 aromatic heterocycles. The van der Waals surface area contributed by atoms with Crippen molar-refractivity contribution >= 4 is 12.0 Å². The third kappa shape index (κ3) is 5.77. The van der Waals surface area contributed by atoms with E-state index in [-0.39, 0.29) is 12.5 Å². The Morgan fingerprint density at radius 1 is 1.40 bits per heavy atom. The van der Waals surface area contributed by atoms with Crippen LogP contribution in [0.5, 0.6) is 0 Å². The molecule has 20 heavy (non-hydrogen) atoms. The van der Waals surface area contributed by atoms with Crippen molar-refractivity contribution in [2.45, 2.75) is 45.1 Å². The highest BCUT2D eigenvalue weighted by atomic mass is 16.4. The van der Waals surface area contributed by atoms with Gasteiger partial charge in [-0.15, -0.1) is 0 Å². The van der Waals surface area contributed by atoms with Crippen LogP contribution in [0.15, 0.2) is 0 Å². The SMILES string of the molecule is CNCC1CCCN(C(=O)NC(C)(C)CCC(=O)O)C1. The fourth-order valence-corrected chi connectivity index (χ4v) is 2.56. The molecule has 1 aliphatic rings. The number of hydrogen-bond acceptors (Lipinski definition) is 3. The van der Waals surface area contributed by atoms with Gasteiger partial charge in [0.25, 0.3) is 0 Å². The number of carboxylic acid groups (broad SMARTS) is 1. The first-order chi connectivity index (χ1) is 9.34. The molecule has 1 saturated heterocycles. The van der Waals surface area contributed by atoms with Crippen molar-refractivity contribution in [2.75, 3.05) is 26.7 Å². The Hall–Kier alpha value is -1.30. The normalized spacial score (nSPS) is 19.8. The predicted octanol–water partition coefficient (Wildman–Crippen LogP) is 1.27. The third-order valence-corrected chi connectivity index (χ3v) is 3.71. The highest BCUT2D eigenvalue weighted by Gasteiger charge is 2.27. The number of amides is 2. The van der Waals surface area contributed by atoms with Crippen molar-refractivity contribution in [3.05, 3.63) is 0 Å². The average Bonchev–Trinajstić information content (AvgIpc) is 2.37. The molecule has 1 fully saturated rings. The summed E-state index contributed by atoms with van der Waals surface area (Å²) in [5.41, 5.74) is -0.495. The lowest BCUT2D eigenvalue weighted by molar-refractivity contribution is -0.137. The molecule has 0 aliphatic carbocycles. The molecule has 2 amide bonds. The standard InChI is InChI=1S/C14H27N3O3/c1-14(2,7-6-12(18)19)16-13(20)17-8-4-5-11(10-17)9-15-3/h11,15H,4-10H2,1-3H3,(H,16,20)(H,18,19). The third-order valence-electron chi connectivity index (χ3n) is 3.71. The number of aliphatic carboxylic acids is 1. The monoisotopic (exact) mass is 285 g/mol. The lowest BCUT2D eigenvalue weighted by atomic mass is 9.97. The summed E-state index contributed by atoms with van der Waals surface area (Å²) in [6, 6.07) is -0.0822. The van der Waals surface area contributed by atoms with Gasteiger partial charge in [0.1, 0.15) is 0 Å². The maximum Gasteiger partial charge on any atom is 0.317 e. The van der Waals surface area contributed by atoms with Crippen molar-refractivity contribution in [1.29, 1.82) is 0 Å². The Balaban J connectivity index is 2.46. The van der Waals surface area contributed by atoms with Crippen LogP contribution < -0.4 is 10.6 Å². The van der Waals surface area contributed by atoms with Crippen molar-refractivity contribution < 1.29 is 14.7 Å². The number of urea groups is 1. The lowest BCUT2D eigenvalue weighted by Crippen LogP contribution is -2.53. The van der Waals surface area contributed by atoms with Gasteiger partial charge in [-0.2, -0.15) is 0 Å². The van der Waals surface area contributed by atoms with Gasteiger partial charge in [-0.25, -0.2) is 4.79 Å². The maximum absolute atomic E-state index is 12.3. The molecule has 6 nitrogen and oxygen atoms in total. The Bertz CT molecular complexity index is 343. The van der Waals surface area contributed by atoms with Crippen molar-refractivity contribution in [3.63, 3.8) is 0 Å². The fourth-order valence-electron chi connectivity index (χ4n) is 2.56. The van der Waals surface area contributed by atoms with E-state index in [4.69, 9.17) is 5.11 Å². The van der Waals surface area contributed by atoms with Crippen LogP contribution in [-0.2, 0) is 4.79 Å². The quantitative estimate of drug-likeness (QED) is 0.686. The van der Waals surface area contributed by atoms with Gasteiger partial charge >= 0.3 is 12.0 Å². The summed E-state index contributed by atoms with van der Waals surface area (Å²) in [4.78, 5) is 24.7. The number of piperidine rings is 1. The predicted molar refractivity (Wildman–Crippen MR) is 77.7 cm³/mol. The van der Waals surface area contributed by atoms with Crippen LogP contribution in [-0.4, -0.2) is 54.2 Å². The zero-order chi connectivity index (χ0) is 15.2. The van der Waals surface area contributed by atoms with E-state index in [1.807, 2.05) is 25.8 Å². The Morgan fingerprint density at radius 2 is 2.10 bits per heavy atom. The zero-order valence-electron chi connectivity index (χ0n) is 12.7. The van der Waals surface area contributed by atoms with E-state index in [0.29, 0.717) is 12.3 Å². The van der Waals surface area contributed by atoms with Gasteiger partial charge in [0, 0.05) is 25.0 Å². The molecule has 1 unspecified atom stereocenters. The van der Waals surface area contributed by atoms with Gasteiger partial charge in [-0.1, -0.05) is 0 Å². The first-order valence-electron chi connectivity index (χ1n) is 7.27. The smallest absolute Gasteiger partial charge is 0.317 e. The van der Waals surface area contributed by atoms with Gasteiger partial charge in [-0.05, 0) is 52.6 Å². The summed E-state index contributed by atoms with van der Waals surface area (Å²) in [7, 11) is 1.92. The van der Waals surface area contributed by atoms with Gasteiger partial charge in [0.2, 0.25) is 0 Å². The molecule has 1 heterocycles. The van der Waals surface area contributed by atoms with Crippen LogP contribution >= 0.6 is 0 Å². The molecule has 0 radical (unpaired) electrons. The van der Waals surface area contributed by atoms with E-state index in [2.05, 4.69) is 10.6 Å². The lowest BCUT2D eigenvalue weighted by Gasteiger charge is -2.36. The number of likely N-dealkylation sites (tertiary alicyclic amines) is 1. The van der Waals surface area contributed by atoms with Crippen LogP contribution in [0.25, 0.3) is 0 Å². The Morgan fingerprint density at radius 3 is 2.70 bits per heavy atom. The highest BCUT2D eigenvalue weighted by molar-refractivity contribution is 5.75. The molecule has 0 aromatic carbocycles. The second-order valence-corrected chi connectivity index (χ2v) is 6.22. The number of carbonyl (C=O) groups is 2. The van der Waals surface area contributed by atoms with E-state index >= 15 is 0 Å². The second-order valence-electron chi connectivity index (χ2n) is 6.22. The van der Waals surface area contributed by atoms with Gasteiger partial charge in [0.05, 0.1) is 0 Å². The largest absolute Gasteiger partial charge is 0.481 e. The minimum atomic E-state index is -0.834. The Labute approximate surface area is 120 Å². The van der Waals surface area contributed by atoms with Gasteiger partial charge < -0.3 is 20.6 Å². The molecule has 0 aromatic rings. The molecule has 0 saturated carbocycles. The molecular formula is C14H27N3O3. The summed E-state index contributed by atoms with van der Waals surface area (Å²) >= 11 is 0. The molecule has 0 bridgehead atoms. The van der Waals surface area contributed by atoms with E-state index < -0.39 is 11.5 Å². The number of carboxylic acids is 1. The molecule has 6 heteroatoms. The Kier molecular flexibility index (Phi) is 6.26. The number of rotatable bonds is 6. The molecule has 3 N–H and O–H groups in total. The molecular weight excluding hydrogens is 258 g/mol. The number of nitrogens with one attached hydrogen (secondary N) is 2. The summed E-state index contributed by atoms with van der Waals surface area (Å²) in [5, 5.41) is 14.8. The van der Waals surface area contributed by atoms with E-state index in [1.165, 1.54) is 0 Å². The minimum absolute atomic E-state index is 0.0651. The first-order valence-corrected chi connectivity index (χ1v) is 7.27. The number of nitrogens with zero attached hydrogens (tertiary/aromatic N) is 1. The topological polar surface area (TPSA) is 81.7 Å². The van der Waals surface area contributed by atoms with Crippen LogP contribution in [0.4, 0.5) is 4.79 Å². The fraction of sp³-hybridized carbons (Fsp3) is 0.857.